The van der Waals surface area contributed by atoms with Crippen LogP contribution in [0.25, 0.3) is 0 Å². The Balaban J connectivity index is 1.95. The number of fused-ring (bicyclic) bond motifs is 1. The summed E-state index contributed by atoms with van der Waals surface area (Å²) in [7, 11) is 0. The summed E-state index contributed by atoms with van der Waals surface area (Å²) < 4.78 is 10.9. The quantitative estimate of drug-likeness (QED) is 0.836. The summed E-state index contributed by atoms with van der Waals surface area (Å²) in [5.41, 5.74) is 8.93. The monoisotopic (exact) mass is 264 g/mol. The molecular formula is C13H16N2O2S. The Labute approximate surface area is 111 Å². The molecule has 0 saturated carbocycles. The number of rotatable bonds is 3. The van der Waals surface area contributed by atoms with Crippen molar-refractivity contribution < 1.29 is 9.47 Å². The highest BCUT2D eigenvalue weighted by molar-refractivity contribution is 7.80. The van der Waals surface area contributed by atoms with E-state index in [1.807, 2.05) is 0 Å². The largest absolute Gasteiger partial charge is 0.469 e. The van der Waals surface area contributed by atoms with Gasteiger partial charge in [-0.1, -0.05) is 12.2 Å². The number of aryl methyl sites for hydroxylation is 2. The van der Waals surface area contributed by atoms with Crippen LogP contribution in [0.5, 0.6) is 5.88 Å². The maximum absolute atomic E-state index is 5.81. The number of aromatic nitrogens is 1. The van der Waals surface area contributed by atoms with E-state index in [9.17, 15) is 0 Å². The van der Waals surface area contributed by atoms with E-state index in [-0.39, 0.29) is 6.10 Å². The lowest BCUT2D eigenvalue weighted by molar-refractivity contribution is -0.0814. The van der Waals surface area contributed by atoms with Crippen molar-refractivity contribution in [1.29, 1.82) is 0 Å². The van der Waals surface area contributed by atoms with Gasteiger partial charge in [0.25, 0.3) is 0 Å². The average Bonchev–Trinajstić information content (AvgIpc) is 2.32. The van der Waals surface area contributed by atoms with E-state index < -0.39 is 0 Å². The van der Waals surface area contributed by atoms with E-state index in [0.717, 1.165) is 24.1 Å². The molecular weight excluding hydrogens is 248 g/mol. The summed E-state index contributed by atoms with van der Waals surface area (Å²) in [6.45, 7) is 1.24. The van der Waals surface area contributed by atoms with Crippen LogP contribution in [-0.2, 0) is 17.6 Å². The molecule has 5 heteroatoms. The van der Waals surface area contributed by atoms with E-state index in [1.54, 1.807) is 0 Å². The van der Waals surface area contributed by atoms with E-state index in [4.69, 9.17) is 27.4 Å². The van der Waals surface area contributed by atoms with E-state index in [0.29, 0.717) is 24.1 Å². The number of nitrogens with two attached hydrogens (primary N) is 1. The number of nitrogens with zero attached hydrogens (tertiary/aromatic N) is 1. The van der Waals surface area contributed by atoms with Gasteiger partial charge in [-0.25, -0.2) is 4.98 Å². The minimum Gasteiger partial charge on any atom is -0.469 e. The molecule has 2 heterocycles. The van der Waals surface area contributed by atoms with Gasteiger partial charge in [-0.05, 0) is 37.3 Å². The SMILES string of the molecule is NC(=S)c1cc2c(nc1OC1COC1)CCCC2. The summed E-state index contributed by atoms with van der Waals surface area (Å²) >= 11 is 5.09. The number of hydrogen-bond donors (Lipinski definition) is 1. The summed E-state index contributed by atoms with van der Waals surface area (Å²) in [5, 5.41) is 0. The zero-order valence-electron chi connectivity index (χ0n) is 10.1. The predicted octanol–water partition coefficient (Wildman–Crippen LogP) is 1.37. The van der Waals surface area contributed by atoms with Crippen molar-refractivity contribution in [3.05, 3.63) is 22.9 Å². The molecule has 0 radical (unpaired) electrons. The van der Waals surface area contributed by atoms with Crippen LogP contribution >= 0.6 is 12.2 Å². The summed E-state index contributed by atoms with van der Waals surface area (Å²) in [4.78, 5) is 4.96. The summed E-state index contributed by atoms with van der Waals surface area (Å²) in [6.07, 6.45) is 4.57. The van der Waals surface area contributed by atoms with Gasteiger partial charge in [0.2, 0.25) is 5.88 Å². The molecule has 1 aliphatic heterocycles. The van der Waals surface area contributed by atoms with Gasteiger partial charge in [-0.15, -0.1) is 0 Å². The predicted molar refractivity (Wildman–Crippen MR) is 72.0 cm³/mol. The van der Waals surface area contributed by atoms with Gasteiger partial charge in [0.1, 0.15) is 11.1 Å². The lowest BCUT2D eigenvalue weighted by atomic mass is 9.95. The van der Waals surface area contributed by atoms with E-state index in [2.05, 4.69) is 11.1 Å². The second-order valence-corrected chi connectivity index (χ2v) is 5.24. The third-order valence-corrected chi connectivity index (χ3v) is 3.64. The number of ether oxygens (including phenoxy) is 2. The molecule has 1 aromatic rings. The lowest BCUT2D eigenvalue weighted by Crippen LogP contribution is -2.39. The van der Waals surface area contributed by atoms with Gasteiger partial charge >= 0.3 is 0 Å². The van der Waals surface area contributed by atoms with Crippen molar-refractivity contribution in [3.63, 3.8) is 0 Å². The average molecular weight is 264 g/mol. The molecule has 0 aromatic carbocycles. The molecule has 0 amide bonds. The summed E-state index contributed by atoms with van der Waals surface area (Å²) in [5.74, 6) is 0.580. The van der Waals surface area contributed by atoms with Gasteiger partial charge in [0, 0.05) is 5.69 Å². The zero-order valence-corrected chi connectivity index (χ0v) is 11.0. The van der Waals surface area contributed by atoms with Crippen molar-refractivity contribution in [2.24, 2.45) is 5.73 Å². The highest BCUT2D eigenvalue weighted by Gasteiger charge is 2.24. The Kier molecular flexibility index (Phi) is 3.18. The van der Waals surface area contributed by atoms with Crippen LogP contribution in [0.2, 0.25) is 0 Å². The number of thiocarbonyl (C=S) groups is 1. The molecule has 0 spiro atoms. The van der Waals surface area contributed by atoms with Crippen molar-refractivity contribution in [2.75, 3.05) is 13.2 Å². The topological polar surface area (TPSA) is 57.4 Å². The second kappa shape index (κ2) is 4.82. The second-order valence-electron chi connectivity index (χ2n) is 4.80. The molecule has 1 aliphatic carbocycles. The third-order valence-electron chi connectivity index (χ3n) is 3.42. The Morgan fingerprint density at radius 2 is 2.17 bits per heavy atom. The van der Waals surface area contributed by atoms with Crippen LogP contribution in [0.1, 0.15) is 29.7 Å². The van der Waals surface area contributed by atoms with Crippen LogP contribution in [0.4, 0.5) is 0 Å². The molecule has 0 bridgehead atoms. The first-order valence-electron chi connectivity index (χ1n) is 6.31. The maximum Gasteiger partial charge on any atom is 0.224 e. The smallest absolute Gasteiger partial charge is 0.224 e. The minimum absolute atomic E-state index is 0.0900. The van der Waals surface area contributed by atoms with Gasteiger partial charge in [0.15, 0.2) is 0 Å². The number of hydrogen-bond acceptors (Lipinski definition) is 4. The molecule has 0 unspecified atom stereocenters. The van der Waals surface area contributed by atoms with Gasteiger partial charge in [-0.3, -0.25) is 0 Å². The van der Waals surface area contributed by atoms with Gasteiger partial charge in [-0.2, -0.15) is 0 Å². The Bertz CT molecular complexity index is 486. The molecule has 3 rings (SSSR count). The van der Waals surface area contributed by atoms with E-state index in [1.165, 1.54) is 18.4 Å². The summed E-state index contributed by atoms with van der Waals surface area (Å²) in [6, 6.07) is 2.05. The molecule has 1 fully saturated rings. The maximum atomic E-state index is 5.81. The van der Waals surface area contributed by atoms with Gasteiger partial charge in [0.05, 0.1) is 18.8 Å². The molecule has 0 atom stereocenters. The standard InChI is InChI=1S/C13H16N2O2S/c14-12(18)10-5-8-3-1-2-4-11(8)15-13(10)17-9-6-16-7-9/h5,9H,1-4,6-7H2,(H2,14,18). The third kappa shape index (κ3) is 2.20. The Morgan fingerprint density at radius 3 is 2.83 bits per heavy atom. The Morgan fingerprint density at radius 1 is 1.39 bits per heavy atom. The fourth-order valence-electron chi connectivity index (χ4n) is 2.32. The molecule has 4 nitrogen and oxygen atoms in total. The van der Waals surface area contributed by atoms with Gasteiger partial charge < -0.3 is 15.2 Å². The fraction of sp³-hybridized carbons (Fsp3) is 0.538. The van der Waals surface area contributed by atoms with Crippen molar-refractivity contribution >= 4 is 17.2 Å². The van der Waals surface area contributed by atoms with Crippen molar-refractivity contribution in [1.82, 2.24) is 4.98 Å². The first-order chi connectivity index (χ1) is 8.74. The normalized spacial score (nSPS) is 18.9. The molecule has 96 valence electrons. The lowest BCUT2D eigenvalue weighted by Gasteiger charge is -2.28. The van der Waals surface area contributed by atoms with Crippen LogP contribution in [-0.4, -0.2) is 29.3 Å². The number of pyridine rings is 1. The molecule has 18 heavy (non-hydrogen) atoms. The fourth-order valence-corrected chi connectivity index (χ4v) is 2.47. The van der Waals surface area contributed by atoms with Crippen molar-refractivity contribution in [3.8, 4) is 5.88 Å². The molecule has 1 saturated heterocycles. The Hall–Kier alpha value is -1.20. The highest BCUT2D eigenvalue weighted by Crippen LogP contribution is 2.27. The zero-order chi connectivity index (χ0) is 12.5. The molecule has 2 aliphatic rings. The highest BCUT2D eigenvalue weighted by atomic mass is 32.1. The van der Waals surface area contributed by atoms with Crippen LogP contribution < -0.4 is 10.5 Å². The molecule has 2 N–H and O–H groups in total. The van der Waals surface area contributed by atoms with Crippen molar-refractivity contribution in [2.45, 2.75) is 31.8 Å². The van der Waals surface area contributed by atoms with E-state index >= 15 is 0 Å². The first-order valence-corrected chi connectivity index (χ1v) is 6.72. The first kappa shape index (κ1) is 11.9. The van der Waals surface area contributed by atoms with Crippen LogP contribution in [0.15, 0.2) is 6.07 Å². The van der Waals surface area contributed by atoms with Crippen LogP contribution in [0, 0.1) is 0 Å². The molecule has 1 aromatic heterocycles. The van der Waals surface area contributed by atoms with Crippen LogP contribution in [0.3, 0.4) is 0 Å². The minimum atomic E-state index is 0.0900.